The Morgan fingerprint density at radius 3 is 2.32 bits per heavy atom. The van der Waals surface area contributed by atoms with Crippen molar-refractivity contribution in [3.63, 3.8) is 0 Å². The largest absolute Gasteiger partial charge is 0.393 e. The van der Waals surface area contributed by atoms with Crippen molar-refractivity contribution in [3.8, 4) is 0 Å². The second-order valence-electron chi connectivity index (χ2n) is 6.20. The molecule has 1 unspecified atom stereocenters. The van der Waals surface area contributed by atoms with E-state index in [0.717, 1.165) is 24.3 Å². The van der Waals surface area contributed by atoms with E-state index in [-0.39, 0.29) is 11.5 Å². The first-order chi connectivity index (χ1) is 8.98. The fourth-order valence-corrected chi connectivity index (χ4v) is 3.50. The van der Waals surface area contributed by atoms with E-state index in [4.69, 9.17) is 11.6 Å². The molecular formula is C16H24ClNO. The quantitative estimate of drug-likeness (QED) is 0.867. The molecule has 106 valence electrons. The molecule has 2 rings (SSSR count). The summed E-state index contributed by atoms with van der Waals surface area (Å²) in [5.41, 5.74) is 1.35. The Balaban J connectivity index is 2.29. The minimum atomic E-state index is -0.168. The van der Waals surface area contributed by atoms with E-state index in [1.54, 1.807) is 0 Å². The SMILES string of the molecule is CNC(CC(C)C)C1(c2ccc(Cl)cc2)CC(O)C1. The van der Waals surface area contributed by atoms with Gasteiger partial charge in [0.05, 0.1) is 6.10 Å². The van der Waals surface area contributed by atoms with Crippen LogP contribution in [-0.2, 0) is 5.41 Å². The fourth-order valence-electron chi connectivity index (χ4n) is 3.38. The summed E-state index contributed by atoms with van der Waals surface area (Å²) < 4.78 is 0. The number of halogens is 1. The minimum Gasteiger partial charge on any atom is -0.393 e. The Morgan fingerprint density at radius 1 is 1.32 bits per heavy atom. The highest BCUT2D eigenvalue weighted by atomic mass is 35.5. The maximum absolute atomic E-state index is 9.82. The molecule has 0 bridgehead atoms. The monoisotopic (exact) mass is 281 g/mol. The lowest BCUT2D eigenvalue weighted by atomic mass is 9.57. The third-order valence-corrected chi connectivity index (χ3v) is 4.59. The van der Waals surface area contributed by atoms with Gasteiger partial charge in [0, 0.05) is 16.5 Å². The summed E-state index contributed by atoms with van der Waals surface area (Å²) in [6.45, 7) is 4.49. The lowest BCUT2D eigenvalue weighted by Gasteiger charge is -2.51. The van der Waals surface area contributed by atoms with Gasteiger partial charge in [0.1, 0.15) is 0 Å². The van der Waals surface area contributed by atoms with E-state index in [9.17, 15) is 5.11 Å². The average Bonchev–Trinajstić information content (AvgIpc) is 2.33. The van der Waals surface area contributed by atoms with E-state index in [0.29, 0.717) is 12.0 Å². The number of likely N-dealkylation sites (N-methyl/N-ethyl adjacent to an activating group) is 1. The smallest absolute Gasteiger partial charge is 0.0558 e. The number of aliphatic hydroxyl groups excluding tert-OH is 1. The van der Waals surface area contributed by atoms with Crippen LogP contribution in [-0.4, -0.2) is 24.3 Å². The van der Waals surface area contributed by atoms with Crippen LogP contribution in [0, 0.1) is 5.92 Å². The molecule has 0 saturated heterocycles. The molecule has 2 N–H and O–H groups in total. The van der Waals surface area contributed by atoms with Gasteiger partial charge in [0.25, 0.3) is 0 Å². The number of hydrogen-bond donors (Lipinski definition) is 2. The van der Waals surface area contributed by atoms with Gasteiger partial charge < -0.3 is 10.4 Å². The molecule has 2 nitrogen and oxygen atoms in total. The highest BCUT2D eigenvalue weighted by Gasteiger charge is 2.49. The molecule has 1 atom stereocenters. The molecule has 3 heteroatoms. The molecule has 19 heavy (non-hydrogen) atoms. The second kappa shape index (κ2) is 5.82. The first-order valence-corrected chi connectivity index (χ1v) is 7.47. The molecule has 1 aromatic carbocycles. The highest BCUT2D eigenvalue weighted by molar-refractivity contribution is 6.30. The summed E-state index contributed by atoms with van der Waals surface area (Å²) in [5.74, 6) is 0.638. The van der Waals surface area contributed by atoms with Crippen molar-refractivity contribution in [3.05, 3.63) is 34.9 Å². The maximum atomic E-state index is 9.82. The molecule has 1 fully saturated rings. The molecule has 0 heterocycles. The van der Waals surface area contributed by atoms with Gasteiger partial charge in [-0.25, -0.2) is 0 Å². The van der Waals surface area contributed by atoms with Crippen molar-refractivity contribution in [2.75, 3.05) is 7.05 Å². The van der Waals surface area contributed by atoms with Crippen LogP contribution >= 0.6 is 11.6 Å². The molecule has 0 spiro atoms. The maximum Gasteiger partial charge on any atom is 0.0558 e. The van der Waals surface area contributed by atoms with Gasteiger partial charge in [0.2, 0.25) is 0 Å². The summed E-state index contributed by atoms with van der Waals surface area (Å²) in [6.07, 6.45) is 2.63. The summed E-state index contributed by atoms with van der Waals surface area (Å²) in [6, 6.07) is 8.52. The zero-order valence-corrected chi connectivity index (χ0v) is 12.7. The number of rotatable bonds is 5. The predicted molar refractivity (Wildman–Crippen MR) is 80.7 cm³/mol. The summed E-state index contributed by atoms with van der Waals surface area (Å²) in [7, 11) is 2.02. The molecule has 0 radical (unpaired) electrons. The Bertz CT molecular complexity index is 409. The predicted octanol–water partition coefficient (Wildman–Crippen LogP) is 3.37. The van der Waals surface area contributed by atoms with E-state index < -0.39 is 0 Å². The van der Waals surface area contributed by atoms with Gasteiger partial charge in [-0.15, -0.1) is 0 Å². The van der Waals surface area contributed by atoms with Crippen LogP contribution in [0.2, 0.25) is 5.02 Å². The minimum absolute atomic E-state index is 0.0586. The molecule has 1 aliphatic carbocycles. The van der Waals surface area contributed by atoms with Crippen LogP contribution < -0.4 is 5.32 Å². The number of nitrogens with one attached hydrogen (secondary N) is 1. The van der Waals surface area contributed by atoms with Gasteiger partial charge in [-0.1, -0.05) is 37.6 Å². The lowest BCUT2D eigenvalue weighted by molar-refractivity contribution is -0.00564. The average molecular weight is 282 g/mol. The Labute approximate surface area is 121 Å². The molecule has 1 aromatic rings. The molecule has 1 aliphatic rings. The number of benzene rings is 1. The summed E-state index contributed by atoms with van der Waals surface area (Å²) in [4.78, 5) is 0. The van der Waals surface area contributed by atoms with Crippen LogP contribution in [0.15, 0.2) is 24.3 Å². The molecule has 0 amide bonds. The highest BCUT2D eigenvalue weighted by Crippen LogP contribution is 2.48. The zero-order valence-electron chi connectivity index (χ0n) is 12.0. The third-order valence-electron chi connectivity index (χ3n) is 4.34. The van der Waals surface area contributed by atoms with Crippen LogP contribution in [0.4, 0.5) is 0 Å². The summed E-state index contributed by atoms with van der Waals surface area (Å²) in [5, 5.41) is 14.1. The fraction of sp³-hybridized carbons (Fsp3) is 0.625. The van der Waals surface area contributed by atoms with Crippen molar-refractivity contribution in [2.45, 2.75) is 50.7 Å². The van der Waals surface area contributed by atoms with Crippen LogP contribution in [0.25, 0.3) is 0 Å². The number of hydrogen-bond acceptors (Lipinski definition) is 2. The third kappa shape index (κ3) is 2.96. The summed E-state index contributed by atoms with van der Waals surface area (Å²) >= 11 is 5.98. The molecule has 1 saturated carbocycles. The lowest BCUT2D eigenvalue weighted by Crippen LogP contribution is -2.57. The van der Waals surface area contributed by atoms with Crippen molar-refractivity contribution in [2.24, 2.45) is 5.92 Å². The standard InChI is InChI=1S/C16H24ClNO/c1-11(2)8-15(18-3)16(9-14(19)10-16)12-4-6-13(17)7-5-12/h4-7,11,14-15,18-19H,8-10H2,1-3H3. The van der Waals surface area contributed by atoms with E-state index in [1.165, 1.54) is 5.56 Å². The normalized spacial score (nSPS) is 28.2. The van der Waals surface area contributed by atoms with Gasteiger partial charge in [0.15, 0.2) is 0 Å². The van der Waals surface area contributed by atoms with Crippen molar-refractivity contribution < 1.29 is 5.11 Å². The molecule has 0 aromatic heterocycles. The van der Waals surface area contributed by atoms with E-state index >= 15 is 0 Å². The second-order valence-corrected chi connectivity index (χ2v) is 6.63. The van der Waals surface area contributed by atoms with Crippen molar-refractivity contribution in [1.82, 2.24) is 5.32 Å². The Morgan fingerprint density at radius 2 is 1.89 bits per heavy atom. The van der Waals surface area contributed by atoms with E-state index in [1.807, 2.05) is 19.2 Å². The first kappa shape index (κ1) is 14.8. The zero-order chi connectivity index (χ0) is 14.0. The molecule has 0 aliphatic heterocycles. The van der Waals surface area contributed by atoms with Crippen LogP contribution in [0.1, 0.15) is 38.7 Å². The van der Waals surface area contributed by atoms with Gasteiger partial charge in [-0.2, -0.15) is 0 Å². The Hall–Kier alpha value is -0.570. The van der Waals surface area contributed by atoms with Gasteiger partial charge in [-0.3, -0.25) is 0 Å². The van der Waals surface area contributed by atoms with Gasteiger partial charge >= 0.3 is 0 Å². The van der Waals surface area contributed by atoms with Gasteiger partial charge in [-0.05, 0) is 49.9 Å². The number of aliphatic hydroxyl groups is 1. The van der Waals surface area contributed by atoms with E-state index in [2.05, 4.69) is 31.3 Å². The molecular weight excluding hydrogens is 258 g/mol. The van der Waals surface area contributed by atoms with Crippen LogP contribution in [0.3, 0.4) is 0 Å². The topological polar surface area (TPSA) is 32.3 Å². The van der Waals surface area contributed by atoms with Crippen LogP contribution in [0.5, 0.6) is 0 Å². The first-order valence-electron chi connectivity index (χ1n) is 7.09. The van der Waals surface area contributed by atoms with Crippen molar-refractivity contribution in [1.29, 1.82) is 0 Å². The van der Waals surface area contributed by atoms with Crippen molar-refractivity contribution >= 4 is 11.6 Å². The Kier molecular flexibility index (Phi) is 4.54.